The van der Waals surface area contributed by atoms with E-state index in [1.807, 2.05) is 12.1 Å². The summed E-state index contributed by atoms with van der Waals surface area (Å²) in [5.74, 6) is -0.415. The van der Waals surface area contributed by atoms with Gasteiger partial charge < -0.3 is 15.1 Å². The molecule has 1 aromatic rings. The lowest BCUT2D eigenvalue weighted by Crippen LogP contribution is -2.47. The van der Waals surface area contributed by atoms with Crippen molar-refractivity contribution in [3.8, 4) is 0 Å². The summed E-state index contributed by atoms with van der Waals surface area (Å²) in [5.41, 5.74) is 2.12. The number of rotatable bonds is 5. The van der Waals surface area contributed by atoms with Gasteiger partial charge in [-0.1, -0.05) is 13.0 Å². The van der Waals surface area contributed by atoms with Gasteiger partial charge in [0.25, 0.3) is 0 Å². The summed E-state index contributed by atoms with van der Waals surface area (Å²) in [4.78, 5) is 28.0. The van der Waals surface area contributed by atoms with Gasteiger partial charge in [0.15, 0.2) is 0 Å². The number of carbonyl (C=O) groups excluding carboxylic acids is 2. The molecule has 2 N–H and O–H groups in total. The monoisotopic (exact) mass is 344 g/mol. The Labute approximate surface area is 149 Å². The van der Waals surface area contributed by atoms with Gasteiger partial charge >= 0.3 is 0 Å². The number of carbonyl (C=O) groups is 2. The fraction of sp³-hybridized carbons (Fsp3) is 0.579. The third-order valence-corrected chi connectivity index (χ3v) is 5.38. The zero-order valence-corrected chi connectivity index (χ0v) is 15.1. The summed E-state index contributed by atoms with van der Waals surface area (Å²) in [5, 5.41) is 5.66. The fourth-order valence-corrected chi connectivity index (χ4v) is 3.65. The Morgan fingerprint density at radius 3 is 2.68 bits per heavy atom. The van der Waals surface area contributed by atoms with E-state index in [2.05, 4.69) is 46.5 Å². The van der Waals surface area contributed by atoms with Crippen molar-refractivity contribution in [1.29, 1.82) is 0 Å². The Kier molecular flexibility index (Phi) is 5.58. The topological polar surface area (TPSA) is 64.7 Å². The van der Waals surface area contributed by atoms with Crippen LogP contribution in [-0.2, 0) is 9.59 Å². The number of benzene rings is 1. The van der Waals surface area contributed by atoms with Gasteiger partial charge in [0.1, 0.15) is 6.04 Å². The average molecular weight is 344 g/mol. The van der Waals surface area contributed by atoms with Gasteiger partial charge in [-0.2, -0.15) is 0 Å². The quantitative estimate of drug-likeness (QED) is 0.798. The molecule has 0 aromatic heterocycles. The number of piperidine rings is 2. The highest BCUT2D eigenvalue weighted by Gasteiger charge is 2.26. The van der Waals surface area contributed by atoms with Crippen LogP contribution in [0, 0.1) is 0 Å². The third-order valence-electron chi connectivity index (χ3n) is 5.38. The number of amides is 2. The van der Waals surface area contributed by atoms with Crippen LogP contribution in [0.1, 0.15) is 32.6 Å². The molecule has 3 rings (SSSR count). The SMILES string of the molecule is CCN(C)C1CCN(c2cccc(NC3CCC(=O)NC3=O)c2)CC1. The highest BCUT2D eigenvalue weighted by Crippen LogP contribution is 2.25. The molecule has 0 radical (unpaired) electrons. The summed E-state index contributed by atoms with van der Waals surface area (Å²) in [6.45, 7) is 5.40. The van der Waals surface area contributed by atoms with Crippen molar-refractivity contribution in [2.45, 2.75) is 44.7 Å². The van der Waals surface area contributed by atoms with E-state index in [0.29, 0.717) is 18.9 Å². The maximum Gasteiger partial charge on any atom is 0.249 e. The molecule has 2 aliphatic heterocycles. The van der Waals surface area contributed by atoms with Crippen LogP contribution in [-0.4, -0.2) is 55.5 Å². The van der Waals surface area contributed by atoms with Gasteiger partial charge in [-0.15, -0.1) is 0 Å². The molecular formula is C19H28N4O2. The molecule has 1 aromatic carbocycles. The first-order chi connectivity index (χ1) is 12.1. The largest absolute Gasteiger partial charge is 0.374 e. The van der Waals surface area contributed by atoms with Gasteiger partial charge in [0, 0.05) is 36.9 Å². The first kappa shape index (κ1) is 17.7. The minimum atomic E-state index is -0.336. The van der Waals surface area contributed by atoms with E-state index in [4.69, 9.17) is 0 Å². The van der Waals surface area contributed by atoms with Gasteiger partial charge in [-0.25, -0.2) is 0 Å². The third kappa shape index (κ3) is 4.31. The highest BCUT2D eigenvalue weighted by atomic mass is 16.2. The van der Waals surface area contributed by atoms with Crippen molar-refractivity contribution in [2.24, 2.45) is 0 Å². The van der Waals surface area contributed by atoms with E-state index >= 15 is 0 Å². The predicted octanol–water partition coefficient (Wildman–Crippen LogP) is 1.82. The second kappa shape index (κ2) is 7.87. The van der Waals surface area contributed by atoms with E-state index in [-0.39, 0.29) is 17.9 Å². The van der Waals surface area contributed by atoms with Crippen LogP contribution in [0.4, 0.5) is 11.4 Å². The number of hydrogen-bond donors (Lipinski definition) is 2. The molecule has 1 atom stereocenters. The lowest BCUT2D eigenvalue weighted by Gasteiger charge is -2.37. The minimum Gasteiger partial charge on any atom is -0.374 e. The van der Waals surface area contributed by atoms with E-state index < -0.39 is 0 Å². The molecule has 0 bridgehead atoms. The molecule has 6 nitrogen and oxygen atoms in total. The normalized spacial score (nSPS) is 22.2. The first-order valence-corrected chi connectivity index (χ1v) is 9.22. The summed E-state index contributed by atoms with van der Waals surface area (Å²) >= 11 is 0. The lowest BCUT2D eigenvalue weighted by molar-refractivity contribution is -0.133. The standard InChI is InChI=1S/C19H28N4O2/c1-3-22(2)15-9-11-23(12-10-15)16-6-4-5-14(13-16)20-17-7-8-18(24)21-19(17)25/h4-6,13,15,17,20H,3,7-12H2,1-2H3,(H,21,24,25). The molecule has 0 spiro atoms. The Morgan fingerprint density at radius 1 is 1.24 bits per heavy atom. The Hall–Kier alpha value is -2.08. The Balaban J connectivity index is 1.60. The van der Waals surface area contributed by atoms with Crippen LogP contribution < -0.4 is 15.5 Å². The molecule has 1 unspecified atom stereocenters. The molecule has 136 valence electrons. The van der Waals surface area contributed by atoms with E-state index in [9.17, 15) is 9.59 Å². The molecule has 0 saturated carbocycles. The van der Waals surface area contributed by atoms with E-state index in [1.165, 1.54) is 18.5 Å². The minimum absolute atomic E-state index is 0.184. The van der Waals surface area contributed by atoms with E-state index in [0.717, 1.165) is 25.3 Å². The van der Waals surface area contributed by atoms with E-state index in [1.54, 1.807) is 0 Å². The number of anilines is 2. The average Bonchev–Trinajstić information content (AvgIpc) is 2.64. The summed E-state index contributed by atoms with van der Waals surface area (Å²) in [7, 11) is 2.20. The van der Waals surface area contributed by atoms with Crippen molar-refractivity contribution in [3.63, 3.8) is 0 Å². The van der Waals surface area contributed by atoms with Crippen LogP contribution in [0.5, 0.6) is 0 Å². The van der Waals surface area contributed by atoms with Crippen molar-refractivity contribution in [3.05, 3.63) is 24.3 Å². The molecule has 2 fully saturated rings. The highest BCUT2D eigenvalue weighted by molar-refractivity contribution is 6.01. The number of nitrogens with zero attached hydrogens (tertiary/aromatic N) is 2. The van der Waals surface area contributed by atoms with Crippen LogP contribution >= 0.6 is 0 Å². The van der Waals surface area contributed by atoms with Gasteiger partial charge in [0.2, 0.25) is 11.8 Å². The summed E-state index contributed by atoms with van der Waals surface area (Å²) in [6.07, 6.45) is 3.29. The second-order valence-electron chi connectivity index (χ2n) is 6.99. The van der Waals surface area contributed by atoms with Crippen molar-refractivity contribution in [1.82, 2.24) is 10.2 Å². The summed E-state index contributed by atoms with van der Waals surface area (Å²) < 4.78 is 0. The van der Waals surface area contributed by atoms with Gasteiger partial charge in [-0.05, 0) is 51.1 Å². The number of hydrogen-bond acceptors (Lipinski definition) is 5. The molecule has 0 aliphatic carbocycles. The van der Waals surface area contributed by atoms with Crippen LogP contribution in [0.2, 0.25) is 0 Å². The van der Waals surface area contributed by atoms with Gasteiger partial charge in [0.05, 0.1) is 0 Å². The zero-order chi connectivity index (χ0) is 17.8. The van der Waals surface area contributed by atoms with Gasteiger partial charge in [-0.3, -0.25) is 14.9 Å². The van der Waals surface area contributed by atoms with Crippen molar-refractivity contribution in [2.75, 3.05) is 36.9 Å². The summed E-state index contributed by atoms with van der Waals surface area (Å²) in [6, 6.07) is 8.56. The van der Waals surface area contributed by atoms with Crippen molar-refractivity contribution >= 4 is 23.2 Å². The fourth-order valence-electron chi connectivity index (χ4n) is 3.65. The predicted molar refractivity (Wildman–Crippen MR) is 99.8 cm³/mol. The molecule has 2 aliphatic rings. The van der Waals surface area contributed by atoms with Crippen LogP contribution in [0.3, 0.4) is 0 Å². The Bertz CT molecular complexity index is 626. The zero-order valence-electron chi connectivity index (χ0n) is 15.1. The maximum atomic E-state index is 11.9. The number of nitrogens with one attached hydrogen (secondary N) is 2. The molecule has 2 saturated heterocycles. The second-order valence-corrected chi connectivity index (χ2v) is 6.99. The first-order valence-electron chi connectivity index (χ1n) is 9.22. The molecular weight excluding hydrogens is 316 g/mol. The smallest absolute Gasteiger partial charge is 0.249 e. The van der Waals surface area contributed by atoms with Crippen molar-refractivity contribution < 1.29 is 9.59 Å². The lowest BCUT2D eigenvalue weighted by atomic mass is 10.0. The molecule has 6 heteroatoms. The van der Waals surface area contributed by atoms with Crippen LogP contribution in [0.25, 0.3) is 0 Å². The maximum absolute atomic E-state index is 11.9. The number of imide groups is 1. The molecule has 25 heavy (non-hydrogen) atoms. The molecule has 2 amide bonds. The Morgan fingerprint density at radius 2 is 2.00 bits per heavy atom. The van der Waals surface area contributed by atoms with Crippen LogP contribution in [0.15, 0.2) is 24.3 Å². The molecule has 2 heterocycles.